The number of hydrogen-bond donors (Lipinski definition) is 2. The molecule has 0 fully saturated rings. The summed E-state index contributed by atoms with van der Waals surface area (Å²) in [5, 5.41) is 11.6. The third-order valence-electron chi connectivity index (χ3n) is 3.26. The minimum Gasteiger partial charge on any atom is -0.356 e. The van der Waals surface area contributed by atoms with Crippen molar-refractivity contribution in [3.05, 3.63) is 52.8 Å². The Hall–Kier alpha value is -2.01. The van der Waals surface area contributed by atoms with Gasteiger partial charge in [-0.1, -0.05) is 29.8 Å². The van der Waals surface area contributed by atoms with Gasteiger partial charge in [-0.3, -0.25) is 9.67 Å². The van der Waals surface area contributed by atoms with Crippen LogP contribution in [0.25, 0.3) is 0 Å². The molecule has 0 aliphatic heterocycles. The van der Waals surface area contributed by atoms with Gasteiger partial charge in [0.25, 0.3) is 0 Å². The molecular weight excluding hydrogens is 298 g/mol. The minimum atomic E-state index is 0.771. The summed E-state index contributed by atoms with van der Waals surface area (Å²) < 4.78 is 1.92. The lowest BCUT2D eigenvalue weighted by Gasteiger charge is -2.12. The summed E-state index contributed by atoms with van der Waals surface area (Å²) >= 11 is 6.14. The molecule has 2 rings (SSSR count). The van der Waals surface area contributed by atoms with Crippen LogP contribution >= 0.6 is 11.6 Å². The lowest BCUT2D eigenvalue weighted by molar-refractivity contribution is 0.597. The van der Waals surface area contributed by atoms with Crippen molar-refractivity contribution >= 4 is 17.6 Å². The van der Waals surface area contributed by atoms with Gasteiger partial charge in [-0.2, -0.15) is 5.10 Å². The Morgan fingerprint density at radius 2 is 2.05 bits per heavy atom. The Balaban J connectivity index is 1.70. The summed E-state index contributed by atoms with van der Waals surface area (Å²) in [6.07, 6.45) is 4.74. The van der Waals surface area contributed by atoms with Crippen LogP contribution in [0.5, 0.6) is 0 Å². The third kappa shape index (κ3) is 5.07. The first-order valence-corrected chi connectivity index (χ1v) is 7.74. The fourth-order valence-electron chi connectivity index (χ4n) is 2.12. The summed E-state index contributed by atoms with van der Waals surface area (Å²) in [5.41, 5.74) is 2.31. The summed E-state index contributed by atoms with van der Waals surface area (Å²) in [7, 11) is 1.77. The zero-order valence-electron chi connectivity index (χ0n) is 13.0. The van der Waals surface area contributed by atoms with Crippen molar-refractivity contribution in [1.29, 1.82) is 0 Å². The smallest absolute Gasteiger partial charge is 0.191 e. The third-order valence-corrected chi connectivity index (χ3v) is 3.63. The van der Waals surface area contributed by atoms with Crippen LogP contribution in [0.2, 0.25) is 5.02 Å². The van der Waals surface area contributed by atoms with Gasteiger partial charge in [-0.25, -0.2) is 0 Å². The number of halogens is 1. The molecule has 0 saturated carbocycles. The predicted molar refractivity (Wildman–Crippen MR) is 91.5 cm³/mol. The fourth-order valence-corrected chi connectivity index (χ4v) is 2.35. The second-order valence-corrected chi connectivity index (χ2v) is 5.46. The molecule has 0 radical (unpaired) electrons. The van der Waals surface area contributed by atoms with E-state index in [1.165, 1.54) is 5.56 Å². The largest absolute Gasteiger partial charge is 0.356 e. The summed E-state index contributed by atoms with van der Waals surface area (Å²) in [6, 6.07) is 7.90. The van der Waals surface area contributed by atoms with Gasteiger partial charge in [-0.15, -0.1) is 0 Å². The molecule has 6 heteroatoms. The van der Waals surface area contributed by atoms with E-state index in [1.54, 1.807) is 7.05 Å². The molecule has 2 aromatic rings. The van der Waals surface area contributed by atoms with Crippen LogP contribution in [0, 0.1) is 6.92 Å². The highest BCUT2D eigenvalue weighted by atomic mass is 35.5. The zero-order chi connectivity index (χ0) is 15.8. The summed E-state index contributed by atoms with van der Waals surface area (Å²) in [6.45, 7) is 4.39. The first-order chi connectivity index (χ1) is 10.7. The van der Waals surface area contributed by atoms with Crippen molar-refractivity contribution in [2.75, 3.05) is 20.1 Å². The maximum Gasteiger partial charge on any atom is 0.191 e. The van der Waals surface area contributed by atoms with E-state index in [4.69, 9.17) is 11.6 Å². The number of nitrogens with zero attached hydrogens (tertiary/aromatic N) is 3. The quantitative estimate of drug-likeness (QED) is 0.634. The molecule has 0 unspecified atom stereocenters. The van der Waals surface area contributed by atoms with E-state index in [0.717, 1.165) is 42.6 Å². The Morgan fingerprint density at radius 3 is 2.73 bits per heavy atom. The number of rotatable bonds is 6. The van der Waals surface area contributed by atoms with Gasteiger partial charge in [0.1, 0.15) is 0 Å². The van der Waals surface area contributed by atoms with E-state index in [1.807, 2.05) is 48.3 Å². The van der Waals surface area contributed by atoms with E-state index in [0.29, 0.717) is 0 Å². The molecule has 1 heterocycles. The molecule has 5 nitrogen and oxygen atoms in total. The zero-order valence-corrected chi connectivity index (χ0v) is 13.8. The topological polar surface area (TPSA) is 54.2 Å². The number of benzene rings is 1. The van der Waals surface area contributed by atoms with Gasteiger partial charge in [0.2, 0.25) is 0 Å². The summed E-state index contributed by atoms with van der Waals surface area (Å²) in [4.78, 5) is 4.21. The summed E-state index contributed by atoms with van der Waals surface area (Å²) in [5.74, 6) is 0.788. The van der Waals surface area contributed by atoms with Crippen molar-refractivity contribution in [3.8, 4) is 0 Å². The number of aliphatic imine (C=N–C) groups is 1. The molecule has 0 atom stereocenters. The highest BCUT2D eigenvalue weighted by Crippen LogP contribution is 2.14. The molecule has 0 aliphatic carbocycles. The van der Waals surface area contributed by atoms with Crippen LogP contribution in [0.3, 0.4) is 0 Å². The van der Waals surface area contributed by atoms with E-state index in [2.05, 4.69) is 20.7 Å². The Kier molecular flexibility index (Phi) is 6.27. The normalized spacial score (nSPS) is 11.5. The van der Waals surface area contributed by atoms with Crippen LogP contribution in [0.1, 0.15) is 11.1 Å². The van der Waals surface area contributed by atoms with Crippen molar-refractivity contribution in [3.63, 3.8) is 0 Å². The maximum absolute atomic E-state index is 6.14. The lowest BCUT2D eigenvalue weighted by Crippen LogP contribution is -2.39. The molecule has 0 spiro atoms. The number of nitrogens with one attached hydrogen (secondary N) is 2. The van der Waals surface area contributed by atoms with Gasteiger partial charge in [0.15, 0.2) is 5.96 Å². The second-order valence-electron chi connectivity index (χ2n) is 5.05. The van der Waals surface area contributed by atoms with Crippen LogP contribution in [-0.4, -0.2) is 35.9 Å². The molecule has 0 bridgehead atoms. The molecule has 1 aromatic heterocycles. The number of aromatic nitrogens is 2. The highest BCUT2D eigenvalue weighted by molar-refractivity contribution is 6.31. The van der Waals surface area contributed by atoms with E-state index < -0.39 is 0 Å². The molecule has 0 aliphatic rings. The molecule has 22 heavy (non-hydrogen) atoms. The van der Waals surface area contributed by atoms with Gasteiger partial charge >= 0.3 is 0 Å². The average Bonchev–Trinajstić information content (AvgIpc) is 2.93. The molecular formula is C16H22ClN5. The monoisotopic (exact) mass is 319 g/mol. The van der Waals surface area contributed by atoms with Crippen molar-refractivity contribution in [2.24, 2.45) is 4.99 Å². The number of hydrogen-bond acceptors (Lipinski definition) is 2. The Bertz CT molecular complexity index is 621. The average molecular weight is 320 g/mol. The lowest BCUT2D eigenvalue weighted by atomic mass is 10.1. The van der Waals surface area contributed by atoms with Gasteiger partial charge in [0.05, 0.1) is 12.7 Å². The SMILES string of the molecule is CN=C(NCCc1ccccc1Cl)NCCn1cc(C)cn1. The first kappa shape index (κ1) is 16.4. The maximum atomic E-state index is 6.14. The first-order valence-electron chi connectivity index (χ1n) is 7.36. The molecule has 0 saturated heterocycles. The van der Waals surface area contributed by atoms with E-state index in [-0.39, 0.29) is 0 Å². The molecule has 118 valence electrons. The Morgan fingerprint density at radius 1 is 1.27 bits per heavy atom. The molecule has 1 aromatic carbocycles. The standard InChI is InChI=1S/C16H22ClN5/c1-13-11-21-22(12-13)10-9-20-16(18-2)19-8-7-14-5-3-4-6-15(14)17/h3-6,11-12H,7-10H2,1-2H3,(H2,18,19,20). The molecule has 2 N–H and O–H groups in total. The Labute approximate surface area is 136 Å². The molecule has 0 amide bonds. The van der Waals surface area contributed by atoms with Crippen LogP contribution in [0.4, 0.5) is 0 Å². The van der Waals surface area contributed by atoms with Gasteiger partial charge in [-0.05, 0) is 30.5 Å². The van der Waals surface area contributed by atoms with Gasteiger partial charge < -0.3 is 10.6 Å². The highest BCUT2D eigenvalue weighted by Gasteiger charge is 2.01. The minimum absolute atomic E-state index is 0.771. The van der Waals surface area contributed by atoms with E-state index >= 15 is 0 Å². The van der Waals surface area contributed by atoms with Crippen molar-refractivity contribution < 1.29 is 0 Å². The van der Waals surface area contributed by atoms with E-state index in [9.17, 15) is 0 Å². The van der Waals surface area contributed by atoms with Gasteiger partial charge in [0, 0.05) is 31.4 Å². The second kappa shape index (κ2) is 8.44. The predicted octanol–water partition coefficient (Wildman–Crippen LogP) is 2.25. The van der Waals surface area contributed by atoms with Crippen molar-refractivity contribution in [1.82, 2.24) is 20.4 Å². The van der Waals surface area contributed by atoms with Crippen LogP contribution in [-0.2, 0) is 13.0 Å². The fraction of sp³-hybridized carbons (Fsp3) is 0.375. The van der Waals surface area contributed by atoms with Crippen molar-refractivity contribution in [2.45, 2.75) is 19.9 Å². The number of aryl methyl sites for hydroxylation is 1. The van der Waals surface area contributed by atoms with Crippen LogP contribution in [0.15, 0.2) is 41.7 Å². The number of guanidine groups is 1. The van der Waals surface area contributed by atoms with Crippen LogP contribution < -0.4 is 10.6 Å².